The van der Waals surface area contributed by atoms with Crippen LogP contribution in [0.1, 0.15) is 5.56 Å². The van der Waals surface area contributed by atoms with E-state index >= 15 is 0 Å². The molecule has 0 saturated heterocycles. The maximum atomic E-state index is 5.37. The van der Waals surface area contributed by atoms with E-state index in [0.29, 0.717) is 4.77 Å². The van der Waals surface area contributed by atoms with Crippen LogP contribution >= 0.6 is 12.2 Å². The normalized spacial score (nSPS) is 10.6. The Balaban J connectivity index is 2.14. The van der Waals surface area contributed by atoms with Crippen molar-refractivity contribution in [2.45, 2.75) is 6.92 Å². The van der Waals surface area contributed by atoms with Crippen molar-refractivity contribution in [3.63, 3.8) is 0 Å². The maximum absolute atomic E-state index is 5.37. The summed E-state index contributed by atoms with van der Waals surface area (Å²) < 4.78 is 7.70. The van der Waals surface area contributed by atoms with Crippen molar-refractivity contribution in [2.24, 2.45) is 0 Å². The second-order valence-corrected chi connectivity index (χ2v) is 5.14. The smallest absolute Gasteiger partial charge is 0.200 e. The summed E-state index contributed by atoms with van der Waals surface area (Å²) in [6.07, 6.45) is 0. The maximum Gasteiger partial charge on any atom is 0.200 e. The van der Waals surface area contributed by atoms with Gasteiger partial charge in [-0.25, -0.2) is 0 Å². The summed E-state index contributed by atoms with van der Waals surface area (Å²) in [6.45, 7) is 2.06. The summed E-state index contributed by atoms with van der Waals surface area (Å²) in [5.41, 5.74) is 3.15. The first-order chi connectivity index (χ1) is 10.2. The molecule has 0 radical (unpaired) electrons. The largest absolute Gasteiger partial charge is 0.497 e. The lowest BCUT2D eigenvalue weighted by atomic mass is 10.2. The average molecular weight is 297 g/mol. The molecule has 4 nitrogen and oxygen atoms in total. The zero-order valence-corrected chi connectivity index (χ0v) is 12.6. The summed E-state index contributed by atoms with van der Waals surface area (Å²) in [5.74, 6) is 1.60. The highest BCUT2D eigenvalue weighted by Crippen LogP contribution is 2.24. The number of benzene rings is 2. The molecule has 1 N–H and O–H groups in total. The predicted octanol–water partition coefficient (Wildman–Crippen LogP) is 3.91. The number of H-pyrrole nitrogens is 1. The van der Waals surface area contributed by atoms with Crippen LogP contribution in [0.25, 0.3) is 17.1 Å². The van der Waals surface area contributed by atoms with Crippen LogP contribution in [0.3, 0.4) is 0 Å². The van der Waals surface area contributed by atoms with Crippen LogP contribution in [0.2, 0.25) is 0 Å². The number of rotatable bonds is 3. The Morgan fingerprint density at radius 3 is 2.57 bits per heavy atom. The molecule has 21 heavy (non-hydrogen) atoms. The van der Waals surface area contributed by atoms with Crippen molar-refractivity contribution in [1.29, 1.82) is 0 Å². The lowest BCUT2D eigenvalue weighted by Crippen LogP contribution is -1.98. The molecule has 0 bridgehead atoms. The highest BCUT2D eigenvalue weighted by Gasteiger charge is 2.10. The summed E-state index contributed by atoms with van der Waals surface area (Å²) in [7, 11) is 1.65. The van der Waals surface area contributed by atoms with E-state index < -0.39 is 0 Å². The zero-order chi connectivity index (χ0) is 14.8. The molecule has 0 amide bonds. The molecule has 0 aliphatic carbocycles. The van der Waals surface area contributed by atoms with Gasteiger partial charge < -0.3 is 4.74 Å². The van der Waals surface area contributed by atoms with Crippen molar-refractivity contribution in [3.8, 4) is 22.8 Å². The van der Waals surface area contributed by atoms with Gasteiger partial charge in [0.15, 0.2) is 10.6 Å². The molecule has 1 aromatic heterocycles. The first kappa shape index (κ1) is 13.6. The fourth-order valence-corrected chi connectivity index (χ4v) is 2.47. The third-order valence-electron chi connectivity index (χ3n) is 3.28. The quantitative estimate of drug-likeness (QED) is 0.745. The van der Waals surface area contributed by atoms with E-state index in [9.17, 15) is 0 Å². The van der Waals surface area contributed by atoms with Crippen molar-refractivity contribution >= 4 is 12.2 Å². The van der Waals surface area contributed by atoms with Gasteiger partial charge in [0.25, 0.3) is 0 Å². The Bertz CT molecular complexity index is 818. The Morgan fingerprint density at radius 1 is 1.14 bits per heavy atom. The molecule has 106 valence electrons. The molecule has 0 saturated carbocycles. The summed E-state index contributed by atoms with van der Waals surface area (Å²) in [6, 6.07) is 15.9. The Morgan fingerprint density at radius 2 is 1.90 bits per heavy atom. The highest BCUT2D eigenvalue weighted by atomic mass is 32.1. The van der Waals surface area contributed by atoms with Crippen LogP contribution in [-0.2, 0) is 0 Å². The van der Waals surface area contributed by atoms with Gasteiger partial charge >= 0.3 is 0 Å². The van der Waals surface area contributed by atoms with Crippen LogP contribution in [0.5, 0.6) is 5.75 Å². The Kier molecular flexibility index (Phi) is 3.58. The molecule has 3 aromatic rings. The minimum atomic E-state index is 0.575. The number of hydrogen-bond donors (Lipinski definition) is 1. The van der Waals surface area contributed by atoms with Gasteiger partial charge in [0, 0.05) is 5.56 Å². The molecule has 2 aromatic carbocycles. The van der Waals surface area contributed by atoms with Gasteiger partial charge in [-0.1, -0.05) is 12.1 Å². The number of ether oxygens (including phenoxy) is 1. The Hall–Kier alpha value is -2.40. The van der Waals surface area contributed by atoms with E-state index in [1.165, 1.54) is 5.56 Å². The summed E-state index contributed by atoms with van der Waals surface area (Å²) in [5, 5.41) is 7.22. The van der Waals surface area contributed by atoms with Crippen LogP contribution in [0, 0.1) is 11.7 Å². The van der Waals surface area contributed by atoms with Crippen molar-refractivity contribution in [2.75, 3.05) is 7.11 Å². The number of aromatic amines is 1. The van der Waals surface area contributed by atoms with Gasteiger partial charge in [0.2, 0.25) is 0 Å². The lowest BCUT2D eigenvalue weighted by molar-refractivity contribution is 0.415. The second kappa shape index (κ2) is 5.54. The molecule has 0 spiro atoms. The van der Waals surface area contributed by atoms with Gasteiger partial charge in [-0.2, -0.15) is 5.10 Å². The van der Waals surface area contributed by atoms with Crippen LogP contribution in [-0.4, -0.2) is 21.9 Å². The zero-order valence-electron chi connectivity index (χ0n) is 11.8. The summed E-state index contributed by atoms with van der Waals surface area (Å²) in [4.78, 5) is 0. The van der Waals surface area contributed by atoms with Gasteiger partial charge in [-0.3, -0.25) is 9.67 Å². The van der Waals surface area contributed by atoms with Crippen LogP contribution < -0.4 is 4.74 Å². The van der Waals surface area contributed by atoms with Gasteiger partial charge in [-0.15, -0.1) is 0 Å². The van der Waals surface area contributed by atoms with E-state index in [1.807, 2.05) is 41.0 Å². The number of aryl methyl sites for hydroxylation is 1. The molecule has 0 atom stereocenters. The van der Waals surface area contributed by atoms with Crippen molar-refractivity contribution < 1.29 is 4.74 Å². The fraction of sp³-hybridized carbons (Fsp3) is 0.125. The van der Waals surface area contributed by atoms with Gasteiger partial charge in [0.1, 0.15) is 5.75 Å². The number of methoxy groups -OCH3 is 1. The van der Waals surface area contributed by atoms with E-state index in [-0.39, 0.29) is 0 Å². The number of aromatic nitrogens is 3. The molecular formula is C16H15N3OS. The number of nitrogens with zero attached hydrogens (tertiary/aromatic N) is 2. The molecular weight excluding hydrogens is 282 g/mol. The Labute approximate surface area is 128 Å². The standard InChI is InChI=1S/C16H15N3OS/c1-11-4-3-5-13(10-11)19-15(17-18-16(19)21)12-6-8-14(20-2)9-7-12/h3-10H,1-2H3,(H,18,21). The topological polar surface area (TPSA) is 42.8 Å². The third kappa shape index (κ3) is 2.60. The summed E-state index contributed by atoms with van der Waals surface area (Å²) >= 11 is 5.37. The first-order valence-electron chi connectivity index (χ1n) is 6.58. The monoisotopic (exact) mass is 297 g/mol. The molecule has 1 heterocycles. The van der Waals surface area contributed by atoms with Gasteiger partial charge in [-0.05, 0) is 61.1 Å². The third-order valence-corrected chi connectivity index (χ3v) is 3.55. The SMILES string of the molecule is COc1ccc(-c2n[nH]c(=S)n2-c2cccc(C)c2)cc1. The first-order valence-corrected chi connectivity index (χ1v) is 6.99. The second-order valence-electron chi connectivity index (χ2n) is 4.76. The molecule has 3 rings (SSSR count). The molecule has 0 unspecified atom stereocenters. The molecule has 0 aliphatic rings. The molecule has 0 aliphatic heterocycles. The van der Waals surface area contributed by atoms with Crippen LogP contribution in [0.4, 0.5) is 0 Å². The predicted molar refractivity (Wildman–Crippen MR) is 85.5 cm³/mol. The van der Waals surface area contributed by atoms with Crippen LogP contribution in [0.15, 0.2) is 48.5 Å². The molecule has 5 heteroatoms. The van der Waals surface area contributed by atoms with Crippen molar-refractivity contribution in [3.05, 3.63) is 58.9 Å². The number of hydrogen-bond acceptors (Lipinski definition) is 3. The highest BCUT2D eigenvalue weighted by molar-refractivity contribution is 7.71. The average Bonchev–Trinajstić information content (AvgIpc) is 2.89. The minimum Gasteiger partial charge on any atom is -0.497 e. The van der Waals surface area contributed by atoms with E-state index in [2.05, 4.69) is 29.3 Å². The van der Waals surface area contributed by atoms with E-state index in [0.717, 1.165) is 22.8 Å². The fourth-order valence-electron chi connectivity index (χ4n) is 2.24. The minimum absolute atomic E-state index is 0.575. The number of nitrogens with one attached hydrogen (secondary N) is 1. The van der Waals surface area contributed by atoms with Gasteiger partial charge in [0.05, 0.1) is 12.8 Å². The van der Waals surface area contributed by atoms with Crippen molar-refractivity contribution in [1.82, 2.24) is 14.8 Å². The van der Waals surface area contributed by atoms with E-state index in [4.69, 9.17) is 17.0 Å². The van der Waals surface area contributed by atoms with E-state index in [1.54, 1.807) is 7.11 Å². The lowest BCUT2D eigenvalue weighted by Gasteiger charge is -2.08. The molecule has 0 fully saturated rings.